The number of hydrogen-bond acceptors (Lipinski definition) is 3. The average molecular weight is 1670 g/mol. The molecule has 0 saturated carbocycles. The first-order chi connectivity index (χ1) is 62.1. The largest absolute Gasteiger partial charge is 0.311 e. The molecule has 0 bridgehead atoms. The first kappa shape index (κ1) is 80.4. The summed E-state index contributed by atoms with van der Waals surface area (Å²) in [6.45, 7) is 34.8. The van der Waals surface area contributed by atoms with Gasteiger partial charge < -0.3 is 28.4 Å². The van der Waals surface area contributed by atoms with Crippen molar-refractivity contribution in [2.45, 2.75) is 131 Å². The maximum absolute atomic E-state index is 2.75. The molecule has 0 radical (unpaired) electrons. The van der Waals surface area contributed by atoms with E-state index in [1.807, 2.05) is 0 Å². The van der Waals surface area contributed by atoms with Gasteiger partial charge in [0.2, 0.25) is 0 Å². The Kier molecular flexibility index (Phi) is 18.8. The maximum atomic E-state index is 2.75. The molecule has 0 atom stereocenters. The molecule has 0 fully saturated rings. The fraction of sp³-hybridized carbons (Fsp3) is 0.164. The molecule has 3 aromatic heterocycles. The van der Waals surface area contributed by atoms with Crippen LogP contribution in [0.2, 0.25) is 0 Å². The van der Waals surface area contributed by atoms with Crippen LogP contribution in [0.3, 0.4) is 0 Å². The molecule has 7 heteroatoms. The molecule has 17 aromatic carbocycles. The Bertz CT molecular complexity index is 7540. The number of anilines is 9. The van der Waals surface area contributed by atoms with Crippen molar-refractivity contribution in [1.29, 1.82) is 0 Å². The standard InChI is InChI=1S/C122H107BN6/c1-118(2,3)84-49-61-108-100(68-84)101-69-85(119(4,5)6)50-62-109(101)126(108)92-57-59-104-112(74-92)128(94-66-82(78-35-21-16-22-36-78)65-83(67-94)79-37-23-17-24-38-79)114-76-95(124(89-43-29-20-30-44-89)90-53-55-91(56-54-90)125-106-47-33-31-45-96(106)97-46-32-34-48-107(97)125)77-115-116(114)123(104)105-60-58-93(127-110-63-51-86(120(7,8)9)70-102(110)103-71-87(121(10,11)12)52-64-111(103)127)75-113(105)129(115)117-98(80-39-25-18-26-40-80)72-88(122(13,14)15)73-99(117)81-41-27-19-28-42-81/h16-77H,1-15H3. The molecule has 2 aliphatic heterocycles. The fourth-order valence-electron chi connectivity index (χ4n) is 20.6. The number of rotatable bonds is 12. The van der Waals surface area contributed by atoms with Crippen LogP contribution in [0.5, 0.6) is 0 Å². The zero-order valence-corrected chi connectivity index (χ0v) is 76.6. The summed E-state index contributed by atoms with van der Waals surface area (Å²) in [7, 11) is 0. The lowest BCUT2D eigenvalue weighted by atomic mass is 9.33. The van der Waals surface area contributed by atoms with Crippen LogP contribution >= 0.6 is 0 Å². The van der Waals surface area contributed by atoms with Crippen molar-refractivity contribution in [3.63, 3.8) is 0 Å². The highest BCUT2D eigenvalue weighted by Crippen LogP contribution is 2.56. The molecule has 628 valence electrons. The lowest BCUT2D eigenvalue weighted by molar-refractivity contribution is 0.590. The van der Waals surface area contributed by atoms with E-state index in [9.17, 15) is 0 Å². The van der Waals surface area contributed by atoms with E-state index in [0.29, 0.717) is 0 Å². The number of fused-ring (bicyclic) bond motifs is 13. The Hall–Kier alpha value is -14.4. The van der Waals surface area contributed by atoms with Crippen molar-refractivity contribution in [2.75, 3.05) is 14.7 Å². The van der Waals surface area contributed by atoms with Crippen molar-refractivity contribution < 1.29 is 0 Å². The third-order valence-corrected chi connectivity index (χ3v) is 27.5. The summed E-state index contributed by atoms with van der Waals surface area (Å²) in [4.78, 5) is 7.95. The summed E-state index contributed by atoms with van der Waals surface area (Å²) in [5.41, 5.74) is 38.1. The second-order valence-electron chi connectivity index (χ2n) is 41.0. The van der Waals surface area contributed by atoms with Crippen LogP contribution in [0.15, 0.2) is 376 Å². The molecule has 6 nitrogen and oxygen atoms in total. The van der Waals surface area contributed by atoms with Gasteiger partial charge in [-0.1, -0.05) is 316 Å². The highest BCUT2D eigenvalue weighted by atomic mass is 15.2. The molecule has 0 spiro atoms. The Labute approximate surface area is 759 Å². The molecule has 129 heavy (non-hydrogen) atoms. The van der Waals surface area contributed by atoms with Gasteiger partial charge in [0.05, 0.1) is 44.5 Å². The molecule has 0 unspecified atom stereocenters. The van der Waals surface area contributed by atoms with Gasteiger partial charge in [-0.25, -0.2) is 0 Å². The molecule has 20 aromatic rings. The SMILES string of the molecule is CC(C)(C)c1cc(-c2ccccc2)c(N2c3cc(-n4c5ccc(C(C)(C)C)cc5c5cc(C(C)(C)C)ccc54)ccc3B3c4ccc(-n5c6ccc(C(C)(C)C)cc6c6cc(C(C)(C)C)ccc65)cc4N(c4cc(-c5ccccc5)cc(-c5ccccc5)c4)c4cc(N(c5ccccc5)c5ccc(-n6c7ccccc7c7ccccc76)cc5)cc2c43)c(-c2ccccc2)c1. The van der Waals surface area contributed by atoms with Gasteiger partial charge in [-0.05, 0) is 268 Å². The van der Waals surface area contributed by atoms with E-state index in [1.54, 1.807) is 0 Å². The predicted octanol–water partition coefficient (Wildman–Crippen LogP) is 31.7. The summed E-state index contributed by atoms with van der Waals surface area (Å²) in [6, 6.07) is 144. The van der Waals surface area contributed by atoms with Crippen molar-refractivity contribution in [2.24, 2.45) is 0 Å². The van der Waals surface area contributed by atoms with Crippen molar-refractivity contribution in [1.82, 2.24) is 13.7 Å². The number of hydrogen-bond donors (Lipinski definition) is 0. The molecular weight excluding hydrogens is 1560 g/mol. The molecule has 2 aliphatic rings. The number of para-hydroxylation sites is 3. The Morgan fingerprint density at radius 1 is 0.209 bits per heavy atom. The Morgan fingerprint density at radius 2 is 0.535 bits per heavy atom. The molecule has 22 rings (SSSR count). The van der Waals surface area contributed by atoms with Gasteiger partial charge in [-0.3, -0.25) is 0 Å². The normalized spacial score (nSPS) is 13.0. The van der Waals surface area contributed by atoms with Crippen molar-refractivity contribution >= 4 is 140 Å². The maximum Gasteiger partial charge on any atom is 0.252 e. The van der Waals surface area contributed by atoms with Crippen molar-refractivity contribution in [3.05, 3.63) is 404 Å². The summed E-state index contributed by atoms with van der Waals surface area (Å²) in [5.74, 6) is 0. The summed E-state index contributed by atoms with van der Waals surface area (Å²) < 4.78 is 7.57. The minimum Gasteiger partial charge on any atom is -0.311 e. The molecule has 0 amide bonds. The Morgan fingerprint density at radius 3 is 0.930 bits per heavy atom. The average Bonchev–Trinajstić information content (AvgIpc) is 0.969. The lowest BCUT2D eigenvalue weighted by Crippen LogP contribution is -2.61. The summed E-state index contributed by atoms with van der Waals surface area (Å²) >= 11 is 0. The molecule has 0 aliphatic carbocycles. The number of aromatic nitrogens is 3. The second-order valence-corrected chi connectivity index (χ2v) is 41.0. The van der Waals surface area contributed by atoms with E-state index in [1.165, 1.54) is 87.6 Å². The first-order valence-corrected chi connectivity index (χ1v) is 45.9. The smallest absolute Gasteiger partial charge is 0.252 e. The monoisotopic (exact) mass is 1670 g/mol. The number of nitrogens with zero attached hydrogens (tertiary/aromatic N) is 6. The zero-order chi connectivity index (χ0) is 88.5. The fourth-order valence-corrected chi connectivity index (χ4v) is 20.6. The van der Waals surface area contributed by atoms with Crippen LogP contribution in [0.25, 0.3) is 127 Å². The van der Waals surface area contributed by atoms with E-state index in [2.05, 4.69) is 508 Å². The molecule has 5 heterocycles. The van der Waals surface area contributed by atoms with Crippen molar-refractivity contribution in [3.8, 4) is 61.6 Å². The van der Waals surface area contributed by atoms with Gasteiger partial charge in [0, 0.05) is 100 Å². The third-order valence-electron chi connectivity index (χ3n) is 27.5. The predicted molar refractivity (Wildman–Crippen MR) is 553 cm³/mol. The highest BCUT2D eigenvalue weighted by Gasteiger charge is 2.46. The van der Waals surface area contributed by atoms with E-state index in [-0.39, 0.29) is 33.8 Å². The van der Waals surface area contributed by atoms with E-state index >= 15 is 0 Å². The van der Waals surface area contributed by atoms with E-state index in [0.717, 1.165) is 135 Å². The highest BCUT2D eigenvalue weighted by molar-refractivity contribution is 7.00. The van der Waals surface area contributed by atoms with Gasteiger partial charge in [0.1, 0.15) is 0 Å². The zero-order valence-electron chi connectivity index (χ0n) is 76.6. The minimum absolute atomic E-state index is 0.0912. The van der Waals surface area contributed by atoms with Gasteiger partial charge in [-0.15, -0.1) is 0 Å². The quantitative estimate of drug-likeness (QED) is 0.114. The first-order valence-electron chi connectivity index (χ1n) is 45.9. The third kappa shape index (κ3) is 13.7. The van der Waals surface area contributed by atoms with Crippen LogP contribution in [0.4, 0.5) is 51.2 Å². The summed E-state index contributed by atoms with van der Waals surface area (Å²) in [5, 5.41) is 7.43. The van der Waals surface area contributed by atoms with Crippen LogP contribution in [-0.4, -0.2) is 20.4 Å². The van der Waals surface area contributed by atoms with Crippen LogP contribution in [0, 0.1) is 0 Å². The Balaban J connectivity index is 0.913. The minimum atomic E-state index is -0.343. The molecule has 0 N–H and O–H groups in total. The van der Waals surface area contributed by atoms with Crippen LogP contribution in [0.1, 0.15) is 132 Å². The number of benzene rings is 17. The van der Waals surface area contributed by atoms with Gasteiger partial charge in [0.15, 0.2) is 0 Å². The second kappa shape index (κ2) is 30.1. The van der Waals surface area contributed by atoms with Gasteiger partial charge in [0.25, 0.3) is 6.71 Å². The van der Waals surface area contributed by atoms with Crippen LogP contribution < -0.4 is 31.1 Å². The van der Waals surface area contributed by atoms with E-state index < -0.39 is 0 Å². The molecular formula is C122H107BN6. The molecule has 0 saturated heterocycles. The summed E-state index contributed by atoms with van der Waals surface area (Å²) in [6.07, 6.45) is 0. The van der Waals surface area contributed by atoms with Gasteiger partial charge >= 0.3 is 0 Å². The lowest BCUT2D eigenvalue weighted by Gasteiger charge is -2.46. The topological polar surface area (TPSA) is 24.5 Å². The van der Waals surface area contributed by atoms with E-state index in [4.69, 9.17) is 0 Å². The van der Waals surface area contributed by atoms with Gasteiger partial charge in [-0.2, -0.15) is 0 Å². The van der Waals surface area contributed by atoms with Crippen LogP contribution in [-0.2, 0) is 27.1 Å².